The van der Waals surface area contributed by atoms with Crippen LogP contribution in [0.15, 0.2) is 24.0 Å². The lowest BCUT2D eigenvalue weighted by atomic mass is 9.75. The summed E-state index contributed by atoms with van der Waals surface area (Å²) in [5, 5.41) is 3.15. The maximum absolute atomic E-state index is 13.1. The highest BCUT2D eigenvalue weighted by molar-refractivity contribution is 6.23. The summed E-state index contributed by atoms with van der Waals surface area (Å²) in [4.78, 5) is 25.3. The molecule has 6 heteroatoms. The third kappa shape index (κ3) is 3.92. The molecule has 1 aromatic rings. The minimum Gasteiger partial charge on any atom is -0.434 e. The van der Waals surface area contributed by atoms with E-state index in [-0.39, 0.29) is 18.4 Å². The zero-order chi connectivity index (χ0) is 20.3. The molecule has 0 saturated heterocycles. The first kappa shape index (κ1) is 20.4. The first-order chi connectivity index (χ1) is 13.4. The Labute approximate surface area is 166 Å². The molecule has 1 N–H and O–H groups in total. The van der Waals surface area contributed by atoms with Gasteiger partial charge >= 0.3 is 6.16 Å². The molecule has 1 aliphatic carbocycles. The quantitative estimate of drug-likeness (QED) is 0.776. The van der Waals surface area contributed by atoms with Crippen molar-refractivity contribution in [3.63, 3.8) is 0 Å². The van der Waals surface area contributed by atoms with Crippen LogP contribution in [0.4, 0.5) is 4.79 Å². The minimum atomic E-state index is -0.773. The van der Waals surface area contributed by atoms with Gasteiger partial charge in [0.25, 0.3) is 5.91 Å². The van der Waals surface area contributed by atoms with Gasteiger partial charge in [-0.1, -0.05) is 30.2 Å². The number of carbonyl (C=O) groups is 2. The Morgan fingerprint density at radius 2 is 2.11 bits per heavy atom. The molecule has 1 aliphatic heterocycles. The lowest BCUT2D eigenvalue weighted by molar-refractivity contribution is -0.116. The summed E-state index contributed by atoms with van der Waals surface area (Å²) in [7, 11) is 1.68. The monoisotopic (exact) mass is 387 g/mol. The van der Waals surface area contributed by atoms with E-state index >= 15 is 0 Å². The molecule has 0 unspecified atom stereocenters. The zero-order valence-corrected chi connectivity index (χ0v) is 17.1. The van der Waals surface area contributed by atoms with Crippen LogP contribution in [0.25, 0.3) is 5.57 Å². The van der Waals surface area contributed by atoms with Gasteiger partial charge in [-0.25, -0.2) is 4.79 Å². The largest absolute Gasteiger partial charge is 0.513 e. The van der Waals surface area contributed by atoms with Gasteiger partial charge in [0, 0.05) is 13.7 Å². The van der Waals surface area contributed by atoms with Gasteiger partial charge in [-0.15, -0.1) is 0 Å². The Balaban J connectivity index is 2.10. The van der Waals surface area contributed by atoms with Crippen LogP contribution in [0.5, 0.6) is 0 Å². The van der Waals surface area contributed by atoms with Crippen LogP contribution >= 0.6 is 0 Å². The molecule has 1 spiro atoms. The summed E-state index contributed by atoms with van der Waals surface area (Å²) in [5.41, 5.74) is 2.53. The highest BCUT2D eigenvalue weighted by Gasteiger charge is 2.50. The molecule has 28 heavy (non-hydrogen) atoms. The topological polar surface area (TPSA) is 73.9 Å². The fraction of sp³-hybridized carbons (Fsp3) is 0.545. The van der Waals surface area contributed by atoms with E-state index in [1.54, 1.807) is 14.0 Å². The van der Waals surface area contributed by atoms with Crippen molar-refractivity contribution >= 4 is 17.6 Å². The SMILES string of the molecule is CCOC(=O)OC1=C(c2cc(C)ccc2C)C(=O)N[C@@]12CCC[C@@H](COC)C2. The number of amides is 1. The second kappa shape index (κ2) is 8.35. The molecule has 1 heterocycles. The summed E-state index contributed by atoms with van der Waals surface area (Å²) >= 11 is 0. The highest BCUT2D eigenvalue weighted by Crippen LogP contribution is 2.45. The summed E-state index contributed by atoms with van der Waals surface area (Å²) in [6, 6.07) is 5.95. The van der Waals surface area contributed by atoms with E-state index in [1.165, 1.54) is 0 Å². The molecule has 1 saturated carbocycles. The molecule has 0 aromatic heterocycles. The van der Waals surface area contributed by atoms with Gasteiger partial charge in [-0.05, 0) is 57.1 Å². The van der Waals surface area contributed by atoms with Crippen LogP contribution < -0.4 is 5.32 Å². The van der Waals surface area contributed by atoms with Crippen molar-refractivity contribution in [1.29, 1.82) is 0 Å². The molecular formula is C22H29NO5. The van der Waals surface area contributed by atoms with Crippen molar-refractivity contribution in [3.8, 4) is 0 Å². The molecule has 0 bridgehead atoms. The molecule has 1 aromatic carbocycles. The number of aryl methyl sites for hydroxylation is 2. The Kier molecular flexibility index (Phi) is 6.08. The number of methoxy groups -OCH3 is 1. The predicted molar refractivity (Wildman–Crippen MR) is 106 cm³/mol. The van der Waals surface area contributed by atoms with Crippen LogP contribution in [0, 0.1) is 19.8 Å². The van der Waals surface area contributed by atoms with E-state index in [2.05, 4.69) is 5.32 Å². The van der Waals surface area contributed by atoms with Crippen molar-refractivity contribution < 1.29 is 23.8 Å². The second-order valence-electron chi connectivity index (χ2n) is 7.76. The normalized spacial score (nSPS) is 24.4. The first-order valence-corrected chi connectivity index (χ1v) is 9.88. The first-order valence-electron chi connectivity index (χ1n) is 9.88. The van der Waals surface area contributed by atoms with Crippen LogP contribution in [0.2, 0.25) is 0 Å². The van der Waals surface area contributed by atoms with Gasteiger partial charge in [0.2, 0.25) is 0 Å². The third-order valence-corrected chi connectivity index (χ3v) is 5.61. The van der Waals surface area contributed by atoms with Crippen LogP contribution in [0.3, 0.4) is 0 Å². The standard InChI is InChI=1S/C22H29NO5/c1-5-27-21(25)28-19-18(17-11-14(2)8-9-15(17)3)20(24)23-22(19)10-6-7-16(12-22)13-26-4/h8-9,11,16H,5-7,10,12-13H2,1-4H3,(H,23,24)/t16-,22-/m1/s1. The molecule has 0 radical (unpaired) electrons. The number of carbonyl (C=O) groups excluding carboxylic acids is 2. The number of ether oxygens (including phenoxy) is 3. The van der Waals surface area contributed by atoms with Gasteiger partial charge in [0.1, 0.15) is 5.76 Å². The molecule has 3 rings (SSSR count). The number of hydrogen-bond acceptors (Lipinski definition) is 5. The zero-order valence-electron chi connectivity index (χ0n) is 17.1. The molecule has 1 amide bonds. The lowest BCUT2D eigenvalue weighted by Crippen LogP contribution is -2.49. The average molecular weight is 387 g/mol. The highest BCUT2D eigenvalue weighted by atomic mass is 16.7. The van der Waals surface area contributed by atoms with Gasteiger partial charge in [0.15, 0.2) is 0 Å². The molecule has 1 fully saturated rings. The van der Waals surface area contributed by atoms with E-state index in [0.717, 1.165) is 36.0 Å². The maximum atomic E-state index is 13.1. The maximum Gasteiger partial charge on any atom is 0.513 e. The van der Waals surface area contributed by atoms with Gasteiger partial charge < -0.3 is 19.5 Å². The van der Waals surface area contributed by atoms with Gasteiger partial charge in [-0.2, -0.15) is 0 Å². The molecule has 2 aliphatic rings. The van der Waals surface area contributed by atoms with Crippen LogP contribution in [-0.2, 0) is 19.0 Å². The number of benzene rings is 1. The smallest absolute Gasteiger partial charge is 0.434 e. The predicted octanol–water partition coefficient (Wildman–Crippen LogP) is 3.89. The van der Waals surface area contributed by atoms with Crippen LogP contribution in [0.1, 0.15) is 49.3 Å². The van der Waals surface area contributed by atoms with E-state index < -0.39 is 11.7 Å². The van der Waals surface area contributed by atoms with Crippen molar-refractivity contribution in [2.75, 3.05) is 20.3 Å². The Bertz CT molecular complexity index is 798. The third-order valence-electron chi connectivity index (χ3n) is 5.61. The fourth-order valence-electron chi connectivity index (χ4n) is 4.40. The van der Waals surface area contributed by atoms with Crippen LogP contribution in [-0.4, -0.2) is 37.9 Å². The second-order valence-corrected chi connectivity index (χ2v) is 7.76. The Hall–Kier alpha value is -2.34. The number of rotatable bonds is 5. The van der Waals surface area contributed by atoms with E-state index in [0.29, 0.717) is 24.4 Å². The number of nitrogens with one attached hydrogen (secondary N) is 1. The fourth-order valence-corrected chi connectivity index (χ4v) is 4.40. The molecule has 2 atom stereocenters. The van der Waals surface area contributed by atoms with Crippen molar-refractivity contribution in [1.82, 2.24) is 5.32 Å². The van der Waals surface area contributed by atoms with E-state index in [4.69, 9.17) is 14.2 Å². The van der Waals surface area contributed by atoms with E-state index in [9.17, 15) is 9.59 Å². The summed E-state index contributed by atoms with van der Waals surface area (Å²) in [6.45, 7) is 6.49. The lowest BCUT2D eigenvalue weighted by Gasteiger charge is -2.38. The van der Waals surface area contributed by atoms with Gasteiger partial charge in [-0.3, -0.25) is 4.79 Å². The van der Waals surface area contributed by atoms with Crippen molar-refractivity contribution in [2.45, 2.75) is 52.0 Å². The molecule has 152 valence electrons. The summed E-state index contributed by atoms with van der Waals surface area (Å²) in [6.07, 6.45) is 2.57. The average Bonchev–Trinajstić information content (AvgIpc) is 2.88. The Morgan fingerprint density at radius 1 is 1.32 bits per heavy atom. The Morgan fingerprint density at radius 3 is 2.82 bits per heavy atom. The van der Waals surface area contributed by atoms with Gasteiger partial charge in [0.05, 0.1) is 17.7 Å². The minimum absolute atomic E-state index is 0.203. The van der Waals surface area contributed by atoms with E-state index in [1.807, 2.05) is 32.0 Å². The molecule has 6 nitrogen and oxygen atoms in total. The summed E-state index contributed by atoms with van der Waals surface area (Å²) < 4.78 is 16.1. The summed E-state index contributed by atoms with van der Waals surface area (Å²) in [5.74, 6) is 0.481. The molecular weight excluding hydrogens is 358 g/mol. The number of hydrogen-bond donors (Lipinski definition) is 1. The van der Waals surface area contributed by atoms with Crippen molar-refractivity contribution in [2.24, 2.45) is 5.92 Å². The van der Waals surface area contributed by atoms with Crippen molar-refractivity contribution in [3.05, 3.63) is 40.6 Å².